The normalized spacial score (nSPS) is 12.7. The van der Waals surface area contributed by atoms with E-state index >= 15 is 0 Å². The van der Waals surface area contributed by atoms with Crippen LogP contribution in [0.3, 0.4) is 0 Å². The van der Waals surface area contributed by atoms with Gasteiger partial charge in [0.15, 0.2) is 0 Å². The van der Waals surface area contributed by atoms with Crippen molar-refractivity contribution in [1.82, 2.24) is 0 Å². The third kappa shape index (κ3) is 2.98. The van der Waals surface area contributed by atoms with Crippen LogP contribution in [0.2, 0.25) is 0 Å². The van der Waals surface area contributed by atoms with Gasteiger partial charge in [-0.1, -0.05) is 45.9 Å². The van der Waals surface area contributed by atoms with Crippen LogP contribution in [0.5, 0.6) is 0 Å². The van der Waals surface area contributed by atoms with Gasteiger partial charge in [0.1, 0.15) is 14.3 Å². The lowest BCUT2D eigenvalue weighted by Gasteiger charge is -2.19. The van der Waals surface area contributed by atoms with Crippen LogP contribution >= 0.6 is 14.3 Å². The van der Waals surface area contributed by atoms with Gasteiger partial charge in [-0.25, -0.2) is 0 Å². The average Bonchev–Trinajstić information content (AvgIpc) is 2.45. The fraction of sp³-hybridized carbons (Fsp3) is 0.571. The second kappa shape index (κ2) is 6.22. The number of hydrogen-bond donors (Lipinski definition) is 0. The maximum atomic E-state index is 12.7. The Kier molecular flexibility index (Phi) is 5.44. The van der Waals surface area contributed by atoms with Gasteiger partial charge in [0.05, 0.1) is 0 Å². The molecular weight excluding hydrogens is 262 g/mol. The lowest BCUT2D eigenvalue weighted by atomic mass is 10.4. The molecule has 0 aromatic heterocycles. The van der Waals surface area contributed by atoms with Crippen molar-refractivity contribution in [3.8, 4) is 0 Å². The van der Waals surface area contributed by atoms with Gasteiger partial charge in [0.25, 0.3) is 0 Å². The summed E-state index contributed by atoms with van der Waals surface area (Å²) in [6.07, 6.45) is 2.70. The largest absolute Gasteiger partial charge is 0.319 e. The second-order valence-corrected chi connectivity index (χ2v) is 11.7. The first kappa shape index (κ1) is 15.7. The molecule has 0 fully saturated rings. The summed E-state index contributed by atoms with van der Waals surface area (Å²) in [5, 5.41) is 1.79. The van der Waals surface area contributed by atoms with E-state index in [9.17, 15) is 9.13 Å². The van der Waals surface area contributed by atoms with Gasteiger partial charge in [0.2, 0.25) is 0 Å². The summed E-state index contributed by atoms with van der Waals surface area (Å²) in [5.41, 5.74) is 0. The molecule has 0 saturated carbocycles. The summed E-state index contributed by atoms with van der Waals surface area (Å²) in [4.78, 5) is 0. The molecule has 4 heteroatoms. The Hall–Kier alpha value is -0.320. The van der Waals surface area contributed by atoms with Crippen molar-refractivity contribution in [1.29, 1.82) is 0 Å². The zero-order valence-corrected chi connectivity index (χ0v) is 13.6. The number of hydrogen-bond acceptors (Lipinski definition) is 2. The highest BCUT2D eigenvalue weighted by Gasteiger charge is 2.24. The van der Waals surface area contributed by atoms with Gasteiger partial charge in [-0.2, -0.15) is 0 Å². The van der Waals surface area contributed by atoms with Gasteiger partial charge in [-0.3, -0.25) is 0 Å². The minimum absolute atomic E-state index is 0.676. The molecule has 0 bridgehead atoms. The fourth-order valence-corrected chi connectivity index (χ4v) is 6.10. The third-order valence-corrected chi connectivity index (χ3v) is 10.3. The lowest BCUT2D eigenvalue weighted by Crippen LogP contribution is -2.17. The Morgan fingerprint density at radius 3 is 1.39 bits per heavy atom. The van der Waals surface area contributed by atoms with E-state index < -0.39 is 14.3 Å². The van der Waals surface area contributed by atoms with E-state index in [1.165, 1.54) is 0 Å². The third-order valence-electron chi connectivity index (χ3n) is 3.81. The Morgan fingerprint density at radius 2 is 1.11 bits per heavy atom. The molecule has 0 radical (unpaired) electrons. The molecule has 1 aromatic rings. The summed E-state index contributed by atoms with van der Waals surface area (Å²) in [5.74, 6) is 0. The molecule has 18 heavy (non-hydrogen) atoms. The van der Waals surface area contributed by atoms with Gasteiger partial charge in [-0.15, -0.1) is 0 Å². The van der Waals surface area contributed by atoms with Gasteiger partial charge in [0, 0.05) is 35.3 Å². The molecule has 0 aliphatic heterocycles. The molecule has 0 aliphatic rings. The van der Waals surface area contributed by atoms with Crippen molar-refractivity contribution in [2.75, 3.05) is 24.6 Å². The maximum absolute atomic E-state index is 12.7. The standard InChI is InChI=1S/C14H24O2P2/c1-5-17(15,6-2)13-10-9-11-14(12-13)18(16,7-3)8-4/h9-12H,5-8H2,1-4H3. The van der Waals surface area contributed by atoms with Crippen LogP contribution in [0, 0.1) is 0 Å². The molecule has 0 heterocycles. The minimum Gasteiger partial charge on any atom is -0.319 e. The van der Waals surface area contributed by atoms with E-state index in [1.807, 2.05) is 52.0 Å². The molecule has 1 rings (SSSR count). The van der Waals surface area contributed by atoms with Crippen LogP contribution in [0.15, 0.2) is 24.3 Å². The van der Waals surface area contributed by atoms with Crippen LogP contribution in [-0.2, 0) is 9.13 Å². The molecule has 1 aromatic carbocycles. The predicted molar refractivity (Wildman–Crippen MR) is 83.1 cm³/mol. The van der Waals surface area contributed by atoms with Crippen LogP contribution in [-0.4, -0.2) is 24.6 Å². The van der Waals surface area contributed by atoms with Crippen LogP contribution in [0.4, 0.5) is 0 Å². The van der Waals surface area contributed by atoms with Gasteiger partial charge < -0.3 is 9.13 Å². The molecule has 2 nitrogen and oxygen atoms in total. The van der Waals surface area contributed by atoms with E-state index in [1.54, 1.807) is 0 Å². The van der Waals surface area contributed by atoms with E-state index in [4.69, 9.17) is 0 Å². The second-order valence-electron chi connectivity index (χ2n) is 4.56. The summed E-state index contributed by atoms with van der Waals surface area (Å²) < 4.78 is 25.4. The van der Waals surface area contributed by atoms with Crippen molar-refractivity contribution in [2.24, 2.45) is 0 Å². The van der Waals surface area contributed by atoms with E-state index in [-0.39, 0.29) is 0 Å². The molecule has 0 N–H and O–H groups in total. The van der Waals surface area contributed by atoms with Gasteiger partial charge in [-0.05, 0) is 6.07 Å². The number of benzene rings is 1. The van der Waals surface area contributed by atoms with Crippen molar-refractivity contribution < 1.29 is 9.13 Å². The lowest BCUT2D eigenvalue weighted by molar-refractivity contribution is 0.582. The monoisotopic (exact) mass is 286 g/mol. The molecule has 0 atom stereocenters. The summed E-state index contributed by atoms with van der Waals surface area (Å²) in [6.45, 7) is 7.87. The van der Waals surface area contributed by atoms with E-state index in [2.05, 4.69) is 0 Å². The smallest absolute Gasteiger partial charge is 0.115 e. The first-order valence-corrected chi connectivity index (χ1v) is 10.9. The van der Waals surface area contributed by atoms with Crippen molar-refractivity contribution in [2.45, 2.75) is 27.7 Å². The molecular formula is C14H24O2P2. The molecule has 0 unspecified atom stereocenters. The van der Waals surface area contributed by atoms with Crippen LogP contribution < -0.4 is 10.6 Å². The average molecular weight is 286 g/mol. The first-order chi connectivity index (χ1) is 8.45. The molecule has 0 amide bonds. The minimum atomic E-state index is -2.27. The van der Waals surface area contributed by atoms with Crippen molar-refractivity contribution in [3.05, 3.63) is 24.3 Å². The fourth-order valence-electron chi connectivity index (χ4n) is 2.18. The summed E-state index contributed by atoms with van der Waals surface area (Å²) in [6, 6.07) is 7.68. The quantitative estimate of drug-likeness (QED) is 0.746. The summed E-state index contributed by atoms with van der Waals surface area (Å²) >= 11 is 0. The Labute approximate surface area is 111 Å². The topological polar surface area (TPSA) is 34.1 Å². The van der Waals surface area contributed by atoms with Crippen LogP contribution in [0.25, 0.3) is 0 Å². The number of rotatable bonds is 6. The maximum Gasteiger partial charge on any atom is 0.115 e. The molecule has 0 saturated heterocycles. The zero-order chi connectivity index (χ0) is 13.8. The SMILES string of the molecule is CCP(=O)(CC)c1cccc(P(=O)(CC)CC)c1. The van der Waals surface area contributed by atoms with Gasteiger partial charge >= 0.3 is 0 Å². The van der Waals surface area contributed by atoms with E-state index in [0.717, 1.165) is 10.6 Å². The highest BCUT2D eigenvalue weighted by molar-refractivity contribution is 7.73. The highest BCUT2D eigenvalue weighted by atomic mass is 31.2. The molecule has 0 spiro atoms. The zero-order valence-electron chi connectivity index (χ0n) is 11.8. The predicted octanol–water partition coefficient (Wildman–Crippen LogP) is 3.74. The Morgan fingerprint density at radius 1 is 0.778 bits per heavy atom. The molecule has 102 valence electrons. The Bertz CT molecular complexity index is 437. The Balaban J connectivity index is 3.30. The van der Waals surface area contributed by atoms with E-state index in [0.29, 0.717) is 24.6 Å². The highest BCUT2D eigenvalue weighted by Crippen LogP contribution is 2.46. The van der Waals surface area contributed by atoms with Crippen molar-refractivity contribution >= 4 is 24.9 Å². The van der Waals surface area contributed by atoms with Crippen molar-refractivity contribution in [3.63, 3.8) is 0 Å². The summed E-state index contributed by atoms with van der Waals surface area (Å²) in [7, 11) is -4.54. The first-order valence-electron chi connectivity index (χ1n) is 6.73. The molecule has 0 aliphatic carbocycles. The van der Waals surface area contributed by atoms with Crippen LogP contribution in [0.1, 0.15) is 27.7 Å².